The van der Waals surface area contributed by atoms with E-state index >= 15 is 0 Å². The van der Waals surface area contributed by atoms with Crippen molar-refractivity contribution in [3.05, 3.63) is 35.9 Å². The third-order valence-electron chi connectivity index (χ3n) is 3.78. The number of benzene rings is 1. The predicted molar refractivity (Wildman–Crippen MR) is 113 cm³/mol. The van der Waals surface area contributed by atoms with Gasteiger partial charge in [-0.3, -0.25) is 0 Å². The van der Waals surface area contributed by atoms with E-state index in [0.717, 1.165) is 6.42 Å². The molecule has 30 heavy (non-hydrogen) atoms. The Morgan fingerprint density at radius 1 is 0.467 bits per heavy atom. The molecule has 0 aliphatic heterocycles. The van der Waals surface area contributed by atoms with Crippen molar-refractivity contribution in [2.24, 2.45) is 0 Å². The summed E-state index contributed by atoms with van der Waals surface area (Å²) in [5, 5.41) is 8.54. The quantitative estimate of drug-likeness (QED) is 0.263. The highest BCUT2D eigenvalue weighted by Gasteiger charge is 1.95. The molecule has 0 unspecified atom stereocenters. The van der Waals surface area contributed by atoms with Gasteiger partial charge in [0.2, 0.25) is 0 Å². The lowest BCUT2D eigenvalue weighted by Gasteiger charge is -2.08. The maximum absolute atomic E-state index is 8.54. The molecular formula is C22H38O8. The molecule has 8 heteroatoms. The van der Waals surface area contributed by atoms with Gasteiger partial charge in [-0.15, -0.1) is 0 Å². The fourth-order valence-corrected chi connectivity index (χ4v) is 2.29. The summed E-state index contributed by atoms with van der Waals surface area (Å²) in [6.07, 6.45) is 0.873. The summed E-state index contributed by atoms with van der Waals surface area (Å²) in [5.74, 6) is 0. The Balaban J connectivity index is 1.65. The predicted octanol–water partition coefficient (Wildman–Crippen LogP) is 1.69. The third-order valence-corrected chi connectivity index (χ3v) is 3.78. The number of aliphatic hydroxyl groups excluding tert-OH is 1. The van der Waals surface area contributed by atoms with Gasteiger partial charge in [-0.1, -0.05) is 30.3 Å². The zero-order valence-corrected chi connectivity index (χ0v) is 18.0. The van der Waals surface area contributed by atoms with Crippen LogP contribution < -0.4 is 0 Å². The lowest BCUT2D eigenvalue weighted by atomic mass is 10.2. The second kappa shape index (κ2) is 22.6. The highest BCUT2D eigenvalue weighted by atomic mass is 16.6. The van der Waals surface area contributed by atoms with E-state index in [1.54, 1.807) is 0 Å². The molecule has 0 atom stereocenters. The van der Waals surface area contributed by atoms with E-state index in [1.807, 2.05) is 18.2 Å². The minimum atomic E-state index is 0.0354. The van der Waals surface area contributed by atoms with Gasteiger partial charge >= 0.3 is 0 Å². The zero-order chi connectivity index (χ0) is 21.4. The summed E-state index contributed by atoms with van der Waals surface area (Å²) in [6.45, 7) is 7.69. The first kappa shape index (κ1) is 26.9. The van der Waals surface area contributed by atoms with Gasteiger partial charge in [0.05, 0.1) is 85.9 Å². The van der Waals surface area contributed by atoms with Crippen molar-refractivity contribution in [3.8, 4) is 0 Å². The largest absolute Gasteiger partial charge is 0.394 e. The number of aliphatic hydroxyl groups is 1. The van der Waals surface area contributed by atoms with Gasteiger partial charge in [0.15, 0.2) is 0 Å². The molecule has 0 radical (unpaired) electrons. The van der Waals surface area contributed by atoms with Crippen molar-refractivity contribution >= 4 is 0 Å². The SMILES string of the molecule is OCCOCCOCCOCCOCCOCCOCCCOCc1ccccc1. The fraction of sp³-hybridized carbons (Fsp3) is 0.727. The molecular weight excluding hydrogens is 392 g/mol. The van der Waals surface area contributed by atoms with Crippen molar-refractivity contribution in [1.82, 2.24) is 0 Å². The Bertz CT molecular complexity index is 446. The molecule has 174 valence electrons. The maximum Gasteiger partial charge on any atom is 0.0716 e. The summed E-state index contributed by atoms with van der Waals surface area (Å²) in [7, 11) is 0. The molecule has 0 bridgehead atoms. The van der Waals surface area contributed by atoms with Gasteiger partial charge < -0.3 is 38.3 Å². The molecule has 0 aliphatic carbocycles. The second-order valence-electron chi connectivity index (χ2n) is 6.29. The van der Waals surface area contributed by atoms with Gasteiger partial charge in [0.1, 0.15) is 0 Å². The molecule has 8 nitrogen and oxygen atoms in total. The van der Waals surface area contributed by atoms with Crippen LogP contribution >= 0.6 is 0 Å². The van der Waals surface area contributed by atoms with Crippen molar-refractivity contribution < 1.29 is 38.3 Å². The standard InChI is InChI=1S/C22H38O8/c23-7-10-25-12-14-27-16-18-29-20-19-28-17-15-26-13-11-24-8-4-9-30-21-22-5-2-1-3-6-22/h1-3,5-6,23H,4,7-21H2. The van der Waals surface area contributed by atoms with Crippen LogP contribution in [-0.2, 0) is 39.8 Å². The molecule has 0 fully saturated rings. The lowest BCUT2D eigenvalue weighted by molar-refractivity contribution is -0.0190. The summed E-state index contributed by atoms with van der Waals surface area (Å²) >= 11 is 0. The number of ether oxygens (including phenoxy) is 7. The zero-order valence-electron chi connectivity index (χ0n) is 18.0. The van der Waals surface area contributed by atoms with Crippen molar-refractivity contribution in [3.63, 3.8) is 0 Å². The highest BCUT2D eigenvalue weighted by Crippen LogP contribution is 2.00. The third kappa shape index (κ3) is 18.9. The number of hydrogen-bond donors (Lipinski definition) is 1. The van der Waals surface area contributed by atoms with Crippen LogP contribution in [0, 0.1) is 0 Å². The summed E-state index contributed by atoms with van der Waals surface area (Å²) in [5.41, 5.74) is 1.19. The average Bonchev–Trinajstić information content (AvgIpc) is 2.78. The van der Waals surface area contributed by atoms with Crippen LogP contribution in [0.15, 0.2) is 30.3 Å². The van der Waals surface area contributed by atoms with E-state index < -0.39 is 0 Å². The molecule has 0 saturated heterocycles. The Labute approximate surface area is 180 Å². The molecule has 0 amide bonds. The highest BCUT2D eigenvalue weighted by molar-refractivity contribution is 5.13. The first-order valence-electron chi connectivity index (χ1n) is 10.6. The Morgan fingerprint density at radius 3 is 1.33 bits per heavy atom. The Kier molecular flexibility index (Phi) is 20.3. The number of rotatable bonds is 23. The van der Waals surface area contributed by atoms with Crippen LogP contribution in [0.2, 0.25) is 0 Å². The van der Waals surface area contributed by atoms with Gasteiger partial charge in [-0.05, 0) is 12.0 Å². The minimum absolute atomic E-state index is 0.0354. The normalized spacial score (nSPS) is 11.2. The monoisotopic (exact) mass is 430 g/mol. The van der Waals surface area contributed by atoms with E-state index in [-0.39, 0.29) is 6.61 Å². The maximum atomic E-state index is 8.54. The Hall–Kier alpha value is -1.10. The van der Waals surface area contributed by atoms with Crippen LogP contribution in [0.4, 0.5) is 0 Å². The van der Waals surface area contributed by atoms with Crippen LogP contribution in [-0.4, -0.2) is 97.6 Å². The molecule has 0 heterocycles. The molecule has 0 aliphatic rings. The van der Waals surface area contributed by atoms with Crippen LogP contribution in [0.1, 0.15) is 12.0 Å². The van der Waals surface area contributed by atoms with Crippen LogP contribution in [0.3, 0.4) is 0 Å². The van der Waals surface area contributed by atoms with Crippen molar-refractivity contribution in [2.75, 3.05) is 92.5 Å². The van der Waals surface area contributed by atoms with Crippen LogP contribution in [0.5, 0.6) is 0 Å². The van der Waals surface area contributed by atoms with E-state index in [4.69, 9.17) is 38.3 Å². The van der Waals surface area contributed by atoms with E-state index in [1.165, 1.54) is 5.56 Å². The Morgan fingerprint density at radius 2 is 0.867 bits per heavy atom. The van der Waals surface area contributed by atoms with Crippen molar-refractivity contribution in [2.45, 2.75) is 13.0 Å². The second-order valence-corrected chi connectivity index (χ2v) is 6.29. The van der Waals surface area contributed by atoms with E-state index in [2.05, 4.69) is 12.1 Å². The van der Waals surface area contributed by atoms with Gasteiger partial charge in [0, 0.05) is 13.2 Å². The molecule has 1 aromatic carbocycles. The minimum Gasteiger partial charge on any atom is -0.394 e. The molecule has 1 rings (SSSR count). The molecule has 0 saturated carbocycles. The fourth-order valence-electron chi connectivity index (χ4n) is 2.29. The molecule has 0 aromatic heterocycles. The van der Waals surface area contributed by atoms with E-state index in [9.17, 15) is 0 Å². The van der Waals surface area contributed by atoms with Gasteiger partial charge in [0.25, 0.3) is 0 Å². The number of hydrogen-bond acceptors (Lipinski definition) is 8. The molecule has 0 spiro atoms. The van der Waals surface area contributed by atoms with E-state index in [0.29, 0.717) is 92.5 Å². The first-order chi connectivity index (χ1) is 14.9. The summed E-state index contributed by atoms with van der Waals surface area (Å²) in [6, 6.07) is 10.1. The first-order valence-corrected chi connectivity index (χ1v) is 10.6. The molecule has 1 N–H and O–H groups in total. The van der Waals surface area contributed by atoms with Crippen molar-refractivity contribution in [1.29, 1.82) is 0 Å². The summed E-state index contributed by atoms with van der Waals surface area (Å²) < 4.78 is 37.7. The summed E-state index contributed by atoms with van der Waals surface area (Å²) in [4.78, 5) is 0. The average molecular weight is 431 g/mol. The smallest absolute Gasteiger partial charge is 0.0716 e. The van der Waals surface area contributed by atoms with Gasteiger partial charge in [-0.2, -0.15) is 0 Å². The van der Waals surface area contributed by atoms with Crippen LogP contribution in [0.25, 0.3) is 0 Å². The lowest BCUT2D eigenvalue weighted by Crippen LogP contribution is -2.14. The van der Waals surface area contributed by atoms with Gasteiger partial charge in [-0.25, -0.2) is 0 Å². The topological polar surface area (TPSA) is 84.8 Å². The molecule has 1 aromatic rings.